The summed E-state index contributed by atoms with van der Waals surface area (Å²) in [7, 11) is 0. The maximum absolute atomic E-state index is 14.9. The van der Waals surface area contributed by atoms with Gasteiger partial charge in [0.2, 0.25) is 6.10 Å². The fraction of sp³-hybridized carbons (Fsp3) is 0.907. The first kappa shape index (κ1) is 38.1. The molecule has 1 heterocycles. The molecule has 9 nitrogen and oxygen atoms in total. The highest BCUT2D eigenvalue weighted by Crippen LogP contribution is 2.65. The molecule has 8 bridgehead atoms. The molecule has 8 saturated carbocycles. The second-order valence-corrected chi connectivity index (χ2v) is 21.8. The van der Waals surface area contributed by atoms with Gasteiger partial charge in [-0.15, -0.1) is 0 Å². The quantitative estimate of drug-likeness (QED) is 0.157. The molecule has 8 aliphatic carbocycles. The molecular weight excluding hydrogens is 660 g/mol. The van der Waals surface area contributed by atoms with Gasteiger partial charge in [-0.25, -0.2) is 4.79 Å². The van der Waals surface area contributed by atoms with Crippen LogP contribution in [0.5, 0.6) is 0 Å². The van der Waals surface area contributed by atoms with Gasteiger partial charge in [0.25, 0.3) is 0 Å². The monoisotopic (exact) mass is 726 g/mol. The lowest BCUT2D eigenvalue weighted by molar-refractivity contribution is -0.228. The molecular formula is C43H66O9. The zero-order chi connectivity index (χ0) is 37.9. The number of carbonyl (C=O) groups is 4. The predicted octanol–water partition coefficient (Wildman–Crippen LogP) is 8.02. The van der Waals surface area contributed by atoms with E-state index in [-0.39, 0.29) is 30.6 Å². The lowest BCUT2D eigenvalue weighted by atomic mass is 9.46. The van der Waals surface area contributed by atoms with E-state index in [9.17, 15) is 24.3 Å². The van der Waals surface area contributed by atoms with Crippen molar-refractivity contribution >= 4 is 23.9 Å². The van der Waals surface area contributed by atoms with Crippen LogP contribution in [0, 0.1) is 51.2 Å². The first-order valence-electron chi connectivity index (χ1n) is 20.5. The van der Waals surface area contributed by atoms with Gasteiger partial charge in [-0.05, 0) is 175 Å². The van der Waals surface area contributed by atoms with E-state index < -0.39 is 62.7 Å². The summed E-state index contributed by atoms with van der Waals surface area (Å²) in [4.78, 5) is 56.0. The van der Waals surface area contributed by atoms with Gasteiger partial charge >= 0.3 is 23.9 Å². The molecule has 9 rings (SSSR count). The summed E-state index contributed by atoms with van der Waals surface area (Å²) in [6.07, 6.45) is 11.5. The van der Waals surface area contributed by atoms with Crippen molar-refractivity contribution < 1.29 is 43.2 Å². The minimum Gasteiger partial charge on any atom is -0.459 e. The molecule has 0 aromatic rings. The first-order chi connectivity index (χ1) is 23.9. The van der Waals surface area contributed by atoms with Crippen molar-refractivity contribution in [2.24, 2.45) is 51.2 Å². The molecule has 1 aliphatic heterocycles. The van der Waals surface area contributed by atoms with E-state index in [2.05, 4.69) is 13.8 Å². The van der Waals surface area contributed by atoms with Crippen molar-refractivity contribution in [1.82, 2.24) is 0 Å². The fourth-order valence-electron chi connectivity index (χ4n) is 13.6. The lowest BCUT2D eigenvalue weighted by Crippen LogP contribution is -2.61. The van der Waals surface area contributed by atoms with Crippen LogP contribution in [0.15, 0.2) is 0 Å². The summed E-state index contributed by atoms with van der Waals surface area (Å²) in [5.74, 6) is 0.830. The Balaban J connectivity index is 1.14. The number of rotatable bonds is 12. The van der Waals surface area contributed by atoms with Crippen molar-refractivity contribution in [3.05, 3.63) is 0 Å². The van der Waals surface area contributed by atoms with E-state index in [4.69, 9.17) is 18.9 Å². The summed E-state index contributed by atoms with van der Waals surface area (Å²) in [5, 5.41) is 11.5. The highest BCUT2D eigenvalue weighted by molar-refractivity contribution is 5.85. The van der Waals surface area contributed by atoms with E-state index >= 15 is 0 Å². The third-order valence-corrected chi connectivity index (χ3v) is 15.4. The van der Waals surface area contributed by atoms with Gasteiger partial charge in [0.15, 0.2) is 0 Å². The van der Waals surface area contributed by atoms with E-state index in [1.807, 2.05) is 20.8 Å². The Morgan fingerprint density at radius 3 is 1.75 bits per heavy atom. The topological polar surface area (TPSA) is 125 Å². The fourth-order valence-corrected chi connectivity index (χ4v) is 13.6. The molecule has 0 spiro atoms. The molecule has 0 amide bonds. The van der Waals surface area contributed by atoms with Crippen LogP contribution in [0.4, 0.5) is 0 Å². The molecule has 9 heteroatoms. The Morgan fingerprint density at radius 2 is 1.27 bits per heavy atom. The number of aliphatic hydroxyl groups is 1. The third-order valence-electron chi connectivity index (χ3n) is 15.4. The number of hydrogen-bond donors (Lipinski definition) is 1. The van der Waals surface area contributed by atoms with E-state index in [0.717, 1.165) is 51.4 Å². The molecule has 5 unspecified atom stereocenters. The maximum atomic E-state index is 14.9. The van der Waals surface area contributed by atoms with Crippen LogP contribution in [0.1, 0.15) is 165 Å². The second kappa shape index (κ2) is 12.2. The van der Waals surface area contributed by atoms with Crippen molar-refractivity contribution in [2.45, 2.75) is 194 Å². The van der Waals surface area contributed by atoms with Crippen molar-refractivity contribution in [1.29, 1.82) is 0 Å². The van der Waals surface area contributed by atoms with Gasteiger partial charge in [-0.2, -0.15) is 0 Å². The van der Waals surface area contributed by atoms with Crippen LogP contribution >= 0.6 is 0 Å². The average molecular weight is 727 g/mol. The van der Waals surface area contributed by atoms with Gasteiger partial charge in [-0.1, -0.05) is 6.92 Å². The van der Waals surface area contributed by atoms with Crippen LogP contribution < -0.4 is 0 Å². The SMILES string of the molecule is CCC(C)(CC(C)(CC(C)(C)C(=O)OC1CC(C)(C)OC1=O)C(=O)OC12CC3CC(CC(O)(C3)C1)C2)C(=O)OC(C)(C)C12CC3CC(CC(C3)C1)C2. The number of hydrogen-bond acceptors (Lipinski definition) is 9. The Bertz CT molecular complexity index is 1440. The summed E-state index contributed by atoms with van der Waals surface area (Å²) in [6, 6.07) is 0. The van der Waals surface area contributed by atoms with Gasteiger partial charge in [0.05, 0.1) is 21.8 Å². The van der Waals surface area contributed by atoms with Gasteiger partial charge in [0, 0.05) is 18.3 Å². The second-order valence-electron chi connectivity index (χ2n) is 21.8. The van der Waals surface area contributed by atoms with E-state index in [1.54, 1.807) is 27.7 Å². The smallest absolute Gasteiger partial charge is 0.348 e. The molecule has 1 saturated heterocycles. The summed E-state index contributed by atoms with van der Waals surface area (Å²) < 4.78 is 24.5. The third kappa shape index (κ3) is 6.73. The molecule has 292 valence electrons. The maximum Gasteiger partial charge on any atom is 0.348 e. The standard InChI is InChI=1S/C43H66O9/c1-10-39(8,34(46)51-38(6,7)41-15-26-11-27(16-41)13-28(12-26)17-41)24-40(9,23-36(2,3)33(45)49-31-22-37(4,5)50-32(31)44)35(47)52-43-20-29-14-30(21-43)19-42(48,18-29)25-43/h26-31,48H,10-25H2,1-9H3. The normalized spacial score (nSPS) is 40.8. The van der Waals surface area contributed by atoms with Crippen LogP contribution in [-0.4, -0.2) is 57.5 Å². The van der Waals surface area contributed by atoms with Gasteiger partial charge < -0.3 is 24.1 Å². The highest BCUT2D eigenvalue weighted by Gasteiger charge is 2.62. The van der Waals surface area contributed by atoms with Gasteiger partial charge in [-0.3, -0.25) is 14.4 Å². The summed E-state index contributed by atoms with van der Waals surface area (Å²) in [5.41, 5.74) is -6.56. The van der Waals surface area contributed by atoms with Crippen LogP contribution in [-0.2, 0) is 38.1 Å². The highest BCUT2D eigenvalue weighted by atomic mass is 16.6. The predicted molar refractivity (Wildman–Crippen MR) is 193 cm³/mol. The number of cyclic esters (lactones) is 1. The lowest BCUT2D eigenvalue weighted by Gasteiger charge is -2.61. The molecule has 1 N–H and O–H groups in total. The minimum atomic E-state index is -1.29. The Hall–Kier alpha value is -2.16. The summed E-state index contributed by atoms with van der Waals surface area (Å²) in [6.45, 7) is 16.9. The van der Waals surface area contributed by atoms with E-state index in [1.165, 1.54) is 19.3 Å². The van der Waals surface area contributed by atoms with Gasteiger partial charge in [0.1, 0.15) is 16.8 Å². The van der Waals surface area contributed by atoms with Crippen molar-refractivity contribution in [3.8, 4) is 0 Å². The molecule has 9 aliphatic rings. The molecule has 0 radical (unpaired) electrons. The van der Waals surface area contributed by atoms with Crippen LogP contribution in [0.3, 0.4) is 0 Å². The Labute approximate surface area is 311 Å². The summed E-state index contributed by atoms with van der Waals surface area (Å²) >= 11 is 0. The average Bonchev–Trinajstić information content (AvgIpc) is 3.24. The molecule has 52 heavy (non-hydrogen) atoms. The first-order valence-corrected chi connectivity index (χ1v) is 20.5. The zero-order valence-electron chi connectivity index (χ0n) is 33.5. The zero-order valence-corrected chi connectivity index (χ0v) is 33.5. The Kier molecular flexibility index (Phi) is 8.92. The Morgan fingerprint density at radius 1 is 0.731 bits per heavy atom. The van der Waals surface area contributed by atoms with Crippen LogP contribution in [0.2, 0.25) is 0 Å². The molecule has 0 aromatic heterocycles. The van der Waals surface area contributed by atoms with E-state index in [0.29, 0.717) is 42.4 Å². The van der Waals surface area contributed by atoms with Crippen LogP contribution in [0.25, 0.3) is 0 Å². The largest absolute Gasteiger partial charge is 0.459 e. The minimum absolute atomic E-state index is 0.0330. The number of esters is 4. The van der Waals surface area contributed by atoms with Crippen molar-refractivity contribution in [2.75, 3.05) is 0 Å². The molecule has 0 aromatic carbocycles. The number of carbonyl (C=O) groups excluding carboxylic acids is 4. The van der Waals surface area contributed by atoms with Crippen molar-refractivity contribution in [3.63, 3.8) is 0 Å². The molecule has 9 fully saturated rings. The number of ether oxygens (including phenoxy) is 4. The molecule has 5 atom stereocenters.